The third-order valence-electron chi connectivity index (χ3n) is 3.97. The van der Waals surface area contributed by atoms with Gasteiger partial charge in [0.15, 0.2) is 0 Å². The van der Waals surface area contributed by atoms with Crippen molar-refractivity contribution in [3.8, 4) is 0 Å². The fourth-order valence-corrected chi connectivity index (χ4v) is 3.07. The van der Waals surface area contributed by atoms with E-state index in [0.717, 1.165) is 38.1 Å². The molecular weight excluding hydrogens is 228 g/mol. The lowest BCUT2D eigenvalue weighted by Crippen LogP contribution is -2.57. The molecule has 1 aromatic heterocycles. The molecule has 0 radical (unpaired) electrons. The zero-order valence-corrected chi connectivity index (χ0v) is 11.1. The second-order valence-corrected chi connectivity index (χ2v) is 5.11. The molecule has 0 bridgehead atoms. The molecule has 5 nitrogen and oxygen atoms in total. The Balaban J connectivity index is 2.21. The Hall–Kier alpha value is -1.36. The van der Waals surface area contributed by atoms with Crippen molar-refractivity contribution in [2.24, 2.45) is 5.73 Å². The maximum Gasteiger partial charge on any atom is 0.237 e. The van der Waals surface area contributed by atoms with Gasteiger partial charge in [0, 0.05) is 18.4 Å². The number of carbonyl (C=O) groups excluding carboxylic acids is 1. The second-order valence-electron chi connectivity index (χ2n) is 5.11. The summed E-state index contributed by atoms with van der Waals surface area (Å²) in [5.74, 6) is 0.767. The van der Waals surface area contributed by atoms with Crippen LogP contribution in [0.4, 0.5) is 0 Å². The van der Waals surface area contributed by atoms with Gasteiger partial charge in [0.25, 0.3) is 0 Å². The lowest BCUT2D eigenvalue weighted by molar-refractivity contribution is -0.126. The fraction of sp³-hybridized carbons (Fsp3) is 0.692. The van der Waals surface area contributed by atoms with E-state index in [9.17, 15) is 4.79 Å². The van der Waals surface area contributed by atoms with Crippen molar-refractivity contribution in [1.29, 1.82) is 0 Å². The van der Waals surface area contributed by atoms with Crippen molar-refractivity contribution in [2.45, 2.75) is 51.1 Å². The third-order valence-corrected chi connectivity index (χ3v) is 3.97. The van der Waals surface area contributed by atoms with E-state index in [1.807, 2.05) is 26.2 Å². The first-order valence-corrected chi connectivity index (χ1v) is 6.63. The Labute approximate surface area is 108 Å². The molecule has 5 heteroatoms. The number of nitrogens with two attached hydrogens (primary N) is 1. The molecule has 0 spiro atoms. The number of aromatic nitrogens is 2. The number of likely N-dealkylation sites (N-methyl/N-ethyl adjacent to an activating group) is 1. The summed E-state index contributed by atoms with van der Waals surface area (Å²) in [6, 6.07) is 0.313. The molecule has 2 atom stereocenters. The molecule has 2 rings (SSSR count). The number of hydrogen-bond donors (Lipinski definition) is 2. The van der Waals surface area contributed by atoms with Gasteiger partial charge in [-0.1, -0.05) is 6.92 Å². The van der Waals surface area contributed by atoms with Gasteiger partial charge in [-0.2, -0.15) is 0 Å². The maximum absolute atomic E-state index is 11.8. The SMILES string of the molecule is CCNC1(C(N)=O)CCCC(n2ccnc2C)C1. The molecule has 2 unspecified atom stereocenters. The summed E-state index contributed by atoms with van der Waals surface area (Å²) in [6.45, 7) is 4.77. The summed E-state index contributed by atoms with van der Waals surface area (Å²) in [5.41, 5.74) is 5.07. The van der Waals surface area contributed by atoms with E-state index in [1.54, 1.807) is 0 Å². The predicted molar refractivity (Wildman–Crippen MR) is 70.1 cm³/mol. The van der Waals surface area contributed by atoms with Crippen LogP contribution in [0.25, 0.3) is 0 Å². The summed E-state index contributed by atoms with van der Waals surface area (Å²) >= 11 is 0. The van der Waals surface area contributed by atoms with Gasteiger partial charge >= 0.3 is 0 Å². The summed E-state index contributed by atoms with van der Waals surface area (Å²) in [7, 11) is 0. The summed E-state index contributed by atoms with van der Waals surface area (Å²) in [4.78, 5) is 16.1. The van der Waals surface area contributed by atoms with Crippen LogP contribution in [0.3, 0.4) is 0 Å². The zero-order valence-electron chi connectivity index (χ0n) is 11.1. The Bertz CT molecular complexity index is 424. The average Bonchev–Trinajstić information content (AvgIpc) is 2.76. The van der Waals surface area contributed by atoms with Gasteiger partial charge < -0.3 is 15.6 Å². The molecule has 1 heterocycles. The molecule has 0 aliphatic heterocycles. The highest BCUT2D eigenvalue weighted by Gasteiger charge is 2.41. The number of nitrogens with one attached hydrogen (secondary N) is 1. The molecule has 100 valence electrons. The first-order valence-electron chi connectivity index (χ1n) is 6.63. The van der Waals surface area contributed by atoms with Crippen LogP contribution in [-0.2, 0) is 4.79 Å². The van der Waals surface area contributed by atoms with Crippen LogP contribution in [0.1, 0.15) is 44.5 Å². The summed E-state index contributed by atoms with van der Waals surface area (Å²) in [5, 5.41) is 3.30. The number of primary amides is 1. The normalized spacial score (nSPS) is 28.2. The van der Waals surface area contributed by atoms with Crippen molar-refractivity contribution < 1.29 is 4.79 Å². The minimum atomic E-state index is -0.547. The Morgan fingerprint density at radius 1 is 1.72 bits per heavy atom. The molecule has 1 aliphatic rings. The summed E-state index contributed by atoms with van der Waals surface area (Å²) in [6.07, 6.45) is 7.48. The molecule has 0 saturated heterocycles. The van der Waals surface area contributed by atoms with E-state index in [1.165, 1.54) is 0 Å². The maximum atomic E-state index is 11.8. The molecule has 18 heavy (non-hydrogen) atoms. The topological polar surface area (TPSA) is 72.9 Å². The minimum absolute atomic E-state index is 0.230. The van der Waals surface area contributed by atoms with E-state index in [0.29, 0.717) is 6.04 Å². The van der Waals surface area contributed by atoms with Crippen molar-refractivity contribution >= 4 is 5.91 Å². The number of imidazole rings is 1. The van der Waals surface area contributed by atoms with Gasteiger partial charge in [-0.05, 0) is 39.2 Å². The van der Waals surface area contributed by atoms with E-state index < -0.39 is 5.54 Å². The van der Waals surface area contributed by atoms with Gasteiger partial charge in [-0.25, -0.2) is 4.98 Å². The van der Waals surface area contributed by atoms with E-state index >= 15 is 0 Å². The van der Waals surface area contributed by atoms with E-state index in [2.05, 4.69) is 14.9 Å². The molecule has 0 aromatic carbocycles. The van der Waals surface area contributed by atoms with Crippen LogP contribution >= 0.6 is 0 Å². The number of rotatable bonds is 4. The van der Waals surface area contributed by atoms with Gasteiger partial charge in [0.1, 0.15) is 5.82 Å². The number of carbonyl (C=O) groups is 1. The Kier molecular flexibility index (Phi) is 3.71. The number of amides is 1. The molecule has 1 fully saturated rings. The molecule has 1 saturated carbocycles. The van der Waals surface area contributed by atoms with Crippen molar-refractivity contribution in [2.75, 3.05) is 6.54 Å². The van der Waals surface area contributed by atoms with Crippen LogP contribution in [0.15, 0.2) is 12.4 Å². The first kappa shape index (κ1) is 13.1. The second kappa shape index (κ2) is 5.10. The highest BCUT2D eigenvalue weighted by atomic mass is 16.1. The van der Waals surface area contributed by atoms with Crippen molar-refractivity contribution in [3.63, 3.8) is 0 Å². The summed E-state index contributed by atoms with van der Waals surface area (Å²) < 4.78 is 2.16. The van der Waals surface area contributed by atoms with Gasteiger partial charge in [0.2, 0.25) is 5.91 Å². The lowest BCUT2D eigenvalue weighted by atomic mass is 9.78. The largest absolute Gasteiger partial charge is 0.368 e. The van der Waals surface area contributed by atoms with Crippen LogP contribution < -0.4 is 11.1 Å². The fourth-order valence-electron chi connectivity index (χ4n) is 3.07. The monoisotopic (exact) mass is 250 g/mol. The first-order chi connectivity index (χ1) is 8.59. The van der Waals surface area contributed by atoms with Crippen LogP contribution in [0.2, 0.25) is 0 Å². The van der Waals surface area contributed by atoms with Crippen molar-refractivity contribution in [3.05, 3.63) is 18.2 Å². The Morgan fingerprint density at radius 3 is 3.06 bits per heavy atom. The Morgan fingerprint density at radius 2 is 2.50 bits per heavy atom. The van der Waals surface area contributed by atoms with Crippen molar-refractivity contribution in [1.82, 2.24) is 14.9 Å². The zero-order chi connectivity index (χ0) is 13.2. The average molecular weight is 250 g/mol. The van der Waals surface area contributed by atoms with Gasteiger partial charge in [-0.15, -0.1) is 0 Å². The smallest absolute Gasteiger partial charge is 0.237 e. The number of nitrogens with zero attached hydrogens (tertiary/aromatic N) is 2. The lowest BCUT2D eigenvalue weighted by Gasteiger charge is -2.39. The standard InChI is InChI=1S/C13H22N4O/c1-3-16-13(12(14)18)6-4-5-11(9-13)17-8-7-15-10(17)2/h7-8,11,16H,3-6,9H2,1-2H3,(H2,14,18). The highest BCUT2D eigenvalue weighted by Crippen LogP contribution is 2.35. The van der Waals surface area contributed by atoms with Crippen LogP contribution in [0, 0.1) is 6.92 Å². The van der Waals surface area contributed by atoms with E-state index in [-0.39, 0.29) is 5.91 Å². The molecular formula is C13H22N4O. The van der Waals surface area contributed by atoms with Crippen LogP contribution in [-0.4, -0.2) is 27.5 Å². The third kappa shape index (κ3) is 2.27. The number of aryl methyl sites for hydroxylation is 1. The molecule has 1 aliphatic carbocycles. The van der Waals surface area contributed by atoms with Gasteiger partial charge in [-0.3, -0.25) is 4.79 Å². The number of hydrogen-bond acceptors (Lipinski definition) is 3. The molecule has 1 amide bonds. The minimum Gasteiger partial charge on any atom is -0.368 e. The van der Waals surface area contributed by atoms with Gasteiger partial charge in [0.05, 0.1) is 5.54 Å². The molecule has 1 aromatic rings. The predicted octanol–water partition coefficient (Wildman–Crippen LogP) is 1.14. The molecule has 3 N–H and O–H groups in total. The van der Waals surface area contributed by atoms with Crippen LogP contribution in [0.5, 0.6) is 0 Å². The highest BCUT2D eigenvalue weighted by molar-refractivity contribution is 5.84. The quantitative estimate of drug-likeness (QED) is 0.841. The van der Waals surface area contributed by atoms with E-state index in [4.69, 9.17) is 5.73 Å².